The summed E-state index contributed by atoms with van der Waals surface area (Å²) in [4.78, 5) is 20.2. The van der Waals surface area contributed by atoms with Gasteiger partial charge in [0.25, 0.3) is 0 Å². The van der Waals surface area contributed by atoms with Gasteiger partial charge in [-0.3, -0.25) is 0 Å². The zero-order chi connectivity index (χ0) is 21.2. The van der Waals surface area contributed by atoms with Crippen molar-refractivity contribution >= 4 is 49.7 Å². The van der Waals surface area contributed by atoms with E-state index in [1.165, 1.54) is 0 Å². The molecule has 0 saturated heterocycles. The fourth-order valence-electron chi connectivity index (χ4n) is 1.34. The van der Waals surface area contributed by atoms with Crippen molar-refractivity contribution in [2.24, 2.45) is 0 Å². The van der Waals surface area contributed by atoms with Crippen LogP contribution in [0, 0.1) is 0 Å². The summed E-state index contributed by atoms with van der Waals surface area (Å²) in [6.07, 6.45) is -15.7. The van der Waals surface area contributed by atoms with Gasteiger partial charge in [-0.1, -0.05) is 0 Å². The van der Waals surface area contributed by atoms with E-state index in [4.69, 9.17) is 61.3 Å². The maximum absolute atomic E-state index is 10.1. The molecule has 27 heavy (non-hydrogen) atoms. The second-order valence-electron chi connectivity index (χ2n) is 5.03. The van der Waals surface area contributed by atoms with Crippen LogP contribution in [0.2, 0.25) is 0 Å². The normalized spacial score (nSPS) is 19.6. The molecule has 0 saturated carbocycles. The molecule has 0 aromatic carbocycles. The number of carbonyl (C=O) groups is 2. The van der Waals surface area contributed by atoms with Crippen molar-refractivity contribution in [1.82, 2.24) is 0 Å². The molecule has 0 aliphatic rings. The third-order valence-electron chi connectivity index (χ3n) is 3.02. The number of hydrogen-bond donors (Lipinski definition) is 12. The smallest absolute Gasteiger partial charge is 0.335 e. The summed E-state index contributed by atoms with van der Waals surface area (Å²) in [6.45, 7) is -1.69. The Morgan fingerprint density at radius 1 is 0.556 bits per heavy atom. The van der Waals surface area contributed by atoms with Crippen LogP contribution in [-0.2, 0) is 9.59 Å². The van der Waals surface area contributed by atoms with Crippen molar-refractivity contribution in [1.29, 1.82) is 0 Å². The van der Waals surface area contributed by atoms with Gasteiger partial charge in [0.15, 0.2) is 12.2 Å². The predicted molar refractivity (Wildman–Crippen MR) is 83.3 cm³/mol. The van der Waals surface area contributed by atoms with E-state index in [0.29, 0.717) is 0 Å². The maximum Gasteiger partial charge on any atom is 0.335 e. The molecule has 0 spiro atoms. The number of carboxylic acids is 2. The number of rotatable bonds is 10. The van der Waals surface area contributed by atoms with Gasteiger partial charge in [0.1, 0.15) is 36.6 Å². The van der Waals surface area contributed by atoms with Crippen LogP contribution in [0.1, 0.15) is 0 Å². The minimum atomic E-state index is -2.20. The third-order valence-corrected chi connectivity index (χ3v) is 3.02. The minimum Gasteiger partial charge on any atom is -0.479 e. The molecule has 0 bridgehead atoms. The summed E-state index contributed by atoms with van der Waals surface area (Å²) < 4.78 is 0. The first kappa shape index (κ1) is 31.5. The molecule has 0 rings (SSSR count). The van der Waals surface area contributed by atoms with E-state index in [-0.39, 0.29) is 37.7 Å². The van der Waals surface area contributed by atoms with Crippen LogP contribution in [0.4, 0.5) is 0 Å². The standard InChI is InChI=1S/2C6H12O7.Ca/c2*7-1-2(8)3(9)4(10)5(11)6(12)13;/h2*2-5,7-11H,1H2,(H,12,13);/t2*2-,3-,4+,5-;/m11./s1. The van der Waals surface area contributed by atoms with E-state index < -0.39 is 74.0 Å². The van der Waals surface area contributed by atoms with Gasteiger partial charge < -0.3 is 61.3 Å². The number of hydrogen-bond acceptors (Lipinski definition) is 12. The molecule has 0 heterocycles. The van der Waals surface area contributed by atoms with Gasteiger partial charge in [0, 0.05) is 37.7 Å². The first-order valence-corrected chi connectivity index (χ1v) is 6.95. The van der Waals surface area contributed by atoms with Crippen LogP contribution in [0.15, 0.2) is 0 Å². The number of aliphatic carboxylic acids is 2. The average molecular weight is 432 g/mol. The number of carboxylic acid groups (broad SMARTS) is 2. The largest absolute Gasteiger partial charge is 0.479 e. The molecule has 158 valence electrons. The van der Waals surface area contributed by atoms with Gasteiger partial charge in [0.2, 0.25) is 0 Å². The van der Waals surface area contributed by atoms with Crippen LogP contribution in [-0.4, -0.2) is 173 Å². The first-order chi connectivity index (χ1) is 11.8. The number of aliphatic hydroxyl groups is 10. The van der Waals surface area contributed by atoms with Gasteiger partial charge in [0.05, 0.1) is 13.2 Å². The topological polar surface area (TPSA) is 277 Å². The Morgan fingerprint density at radius 2 is 0.778 bits per heavy atom. The molecule has 0 aliphatic carbocycles. The summed E-state index contributed by atoms with van der Waals surface area (Å²) in [5, 5.41) is 104. The molecule has 0 amide bonds. The van der Waals surface area contributed by atoms with Crippen molar-refractivity contribution in [3.05, 3.63) is 0 Å². The second-order valence-corrected chi connectivity index (χ2v) is 5.03. The minimum absolute atomic E-state index is 0. The third kappa shape index (κ3) is 11.4. The summed E-state index contributed by atoms with van der Waals surface area (Å²) in [6, 6.07) is 0. The van der Waals surface area contributed by atoms with Gasteiger partial charge in [-0.25, -0.2) is 9.59 Å². The van der Waals surface area contributed by atoms with E-state index in [2.05, 4.69) is 0 Å². The van der Waals surface area contributed by atoms with Gasteiger partial charge >= 0.3 is 11.9 Å². The van der Waals surface area contributed by atoms with Crippen LogP contribution in [0.25, 0.3) is 0 Å². The molecule has 0 fully saturated rings. The zero-order valence-corrected chi connectivity index (χ0v) is 16.1. The van der Waals surface area contributed by atoms with Crippen molar-refractivity contribution < 1.29 is 70.9 Å². The van der Waals surface area contributed by atoms with Crippen molar-refractivity contribution in [2.45, 2.75) is 48.8 Å². The van der Waals surface area contributed by atoms with Crippen LogP contribution < -0.4 is 0 Å². The van der Waals surface area contributed by atoms with Crippen LogP contribution in [0.3, 0.4) is 0 Å². The Labute approximate surface area is 182 Å². The molecular formula is C12H24CaO14. The second kappa shape index (κ2) is 15.7. The molecule has 2 radical (unpaired) electrons. The van der Waals surface area contributed by atoms with E-state index in [1.54, 1.807) is 0 Å². The summed E-state index contributed by atoms with van der Waals surface area (Å²) >= 11 is 0. The molecule has 0 aliphatic heterocycles. The molecule has 14 nitrogen and oxygen atoms in total. The molecule has 15 heteroatoms. The molecule has 0 unspecified atom stereocenters. The van der Waals surface area contributed by atoms with E-state index in [1.807, 2.05) is 0 Å². The van der Waals surface area contributed by atoms with Gasteiger partial charge in [-0.05, 0) is 0 Å². The Balaban J connectivity index is -0.000000411. The fourth-order valence-corrected chi connectivity index (χ4v) is 1.34. The monoisotopic (exact) mass is 432 g/mol. The first-order valence-electron chi connectivity index (χ1n) is 6.95. The number of aliphatic hydroxyl groups excluding tert-OH is 10. The average Bonchev–Trinajstić information content (AvgIpc) is 2.62. The summed E-state index contributed by atoms with van der Waals surface area (Å²) in [7, 11) is 0. The Bertz CT molecular complexity index is 385. The fraction of sp³-hybridized carbons (Fsp3) is 0.833. The van der Waals surface area contributed by atoms with Gasteiger partial charge in [-0.2, -0.15) is 0 Å². The molecular weight excluding hydrogens is 408 g/mol. The van der Waals surface area contributed by atoms with Crippen LogP contribution in [0.5, 0.6) is 0 Å². The molecule has 0 aromatic heterocycles. The molecule has 12 N–H and O–H groups in total. The molecule has 0 aromatic rings. The quantitative estimate of drug-likeness (QED) is 0.143. The van der Waals surface area contributed by atoms with E-state index in [0.717, 1.165) is 0 Å². The summed E-state index contributed by atoms with van der Waals surface area (Å²) in [5.41, 5.74) is 0. The molecule has 8 atom stereocenters. The van der Waals surface area contributed by atoms with Crippen molar-refractivity contribution in [2.75, 3.05) is 13.2 Å². The predicted octanol–water partition coefficient (Wildman–Crippen LogP) is -7.37. The van der Waals surface area contributed by atoms with Crippen molar-refractivity contribution in [3.8, 4) is 0 Å². The van der Waals surface area contributed by atoms with E-state index >= 15 is 0 Å². The van der Waals surface area contributed by atoms with Crippen molar-refractivity contribution in [3.63, 3.8) is 0 Å². The maximum atomic E-state index is 10.1. The Kier molecular flexibility index (Phi) is 18.3. The van der Waals surface area contributed by atoms with Gasteiger partial charge in [-0.15, -0.1) is 0 Å². The summed E-state index contributed by atoms with van der Waals surface area (Å²) in [5.74, 6) is -3.45. The van der Waals surface area contributed by atoms with E-state index in [9.17, 15) is 9.59 Å². The Morgan fingerprint density at radius 3 is 0.926 bits per heavy atom. The Hall–Kier alpha value is -0.200. The SMILES string of the molecule is O=C(O)[C@H](O)[C@@H](O)[C@H](O)[C@H](O)CO.O=C(O)[C@H](O)[C@@H](O)[C@H](O)[C@H](O)CO.[Ca]. The van der Waals surface area contributed by atoms with Crippen LogP contribution >= 0.6 is 0 Å². The zero-order valence-electron chi connectivity index (χ0n) is 13.9.